The number of epoxide rings is 1. The van der Waals surface area contributed by atoms with Crippen LogP contribution in [0.5, 0.6) is 0 Å². The van der Waals surface area contributed by atoms with Crippen molar-refractivity contribution in [1.82, 2.24) is 0 Å². The lowest BCUT2D eigenvalue weighted by Gasteiger charge is -2.12. The highest BCUT2D eigenvalue weighted by Gasteiger charge is 2.74. The predicted molar refractivity (Wildman–Crippen MR) is 83.4 cm³/mol. The third-order valence-electron chi connectivity index (χ3n) is 3.88. The van der Waals surface area contributed by atoms with Crippen LogP contribution in [0.15, 0.2) is 59.5 Å². The van der Waals surface area contributed by atoms with E-state index >= 15 is 0 Å². The Balaban J connectivity index is 2.08. The van der Waals surface area contributed by atoms with Crippen molar-refractivity contribution in [3.8, 4) is 0 Å². The Morgan fingerprint density at radius 2 is 1.70 bits per heavy atom. The topological polar surface area (TPSA) is 73.0 Å². The number of rotatable bonds is 4. The van der Waals surface area contributed by atoms with Crippen LogP contribution in [0.3, 0.4) is 0 Å². The quantitative estimate of drug-likeness (QED) is 0.635. The zero-order valence-electron chi connectivity index (χ0n) is 12.7. The monoisotopic (exact) mass is 332 g/mol. The first kappa shape index (κ1) is 15.7. The Hall–Kier alpha value is -2.18. The van der Waals surface area contributed by atoms with E-state index in [-0.39, 0.29) is 4.90 Å². The summed E-state index contributed by atoms with van der Waals surface area (Å²) in [6.07, 6.45) is -0.873. The van der Waals surface area contributed by atoms with Gasteiger partial charge in [0.2, 0.25) is 9.84 Å². The number of sulfone groups is 1. The minimum atomic E-state index is -4.05. The van der Waals surface area contributed by atoms with Crippen molar-refractivity contribution in [3.05, 3.63) is 65.7 Å². The highest BCUT2D eigenvalue weighted by Crippen LogP contribution is 2.56. The number of hydrogen-bond donors (Lipinski definition) is 0. The second-order valence-electron chi connectivity index (χ2n) is 5.38. The fourth-order valence-electron chi connectivity index (χ4n) is 2.56. The van der Waals surface area contributed by atoms with Gasteiger partial charge in [0.15, 0.2) is 0 Å². The third kappa shape index (κ3) is 2.34. The van der Waals surface area contributed by atoms with Gasteiger partial charge < -0.3 is 9.47 Å². The van der Waals surface area contributed by atoms with Gasteiger partial charge in [-0.1, -0.05) is 48.0 Å². The number of ether oxygens (including phenoxy) is 2. The molecule has 2 aromatic rings. The molecule has 2 atom stereocenters. The number of carbonyl (C=O) groups excluding carboxylic acids is 1. The van der Waals surface area contributed by atoms with E-state index in [1.165, 1.54) is 12.1 Å². The smallest absolute Gasteiger partial charge is 0.357 e. The number of aryl methyl sites for hydroxylation is 1. The van der Waals surface area contributed by atoms with Crippen molar-refractivity contribution in [2.24, 2.45) is 0 Å². The summed E-state index contributed by atoms with van der Waals surface area (Å²) in [7, 11) is -2.90. The molecule has 1 aliphatic heterocycles. The summed E-state index contributed by atoms with van der Waals surface area (Å²) in [5.41, 5.74) is 1.54. The van der Waals surface area contributed by atoms with Crippen molar-refractivity contribution in [2.45, 2.75) is 22.9 Å². The van der Waals surface area contributed by atoms with Crippen LogP contribution in [0.25, 0.3) is 0 Å². The van der Waals surface area contributed by atoms with Gasteiger partial charge in [0.05, 0.1) is 12.0 Å². The van der Waals surface area contributed by atoms with Gasteiger partial charge in [-0.15, -0.1) is 0 Å². The molecule has 1 saturated heterocycles. The van der Waals surface area contributed by atoms with E-state index in [1.54, 1.807) is 42.5 Å². The first-order valence-electron chi connectivity index (χ1n) is 7.06. The summed E-state index contributed by atoms with van der Waals surface area (Å²) < 4.78 is 36.1. The van der Waals surface area contributed by atoms with Crippen LogP contribution in [-0.2, 0) is 24.1 Å². The number of esters is 1. The Morgan fingerprint density at radius 1 is 1.09 bits per heavy atom. The van der Waals surface area contributed by atoms with Gasteiger partial charge in [-0.05, 0) is 24.6 Å². The second-order valence-corrected chi connectivity index (χ2v) is 7.47. The molecule has 1 aliphatic rings. The fraction of sp³-hybridized carbons (Fsp3) is 0.235. The largest absolute Gasteiger partial charge is 0.466 e. The third-order valence-corrected chi connectivity index (χ3v) is 6.05. The van der Waals surface area contributed by atoms with Crippen LogP contribution in [0.4, 0.5) is 0 Å². The van der Waals surface area contributed by atoms with Gasteiger partial charge in [0.1, 0.15) is 6.10 Å². The van der Waals surface area contributed by atoms with Gasteiger partial charge in [-0.2, -0.15) is 0 Å². The molecule has 23 heavy (non-hydrogen) atoms. The molecule has 1 heterocycles. The van der Waals surface area contributed by atoms with E-state index in [9.17, 15) is 13.2 Å². The molecular weight excluding hydrogens is 316 g/mol. The maximum absolute atomic E-state index is 13.0. The van der Waals surface area contributed by atoms with Crippen LogP contribution >= 0.6 is 0 Å². The fourth-order valence-corrected chi connectivity index (χ4v) is 4.35. The summed E-state index contributed by atoms with van der Waals surface area (Å²) in [4.78, 5) is 10.3. The molecule has 2 aromatic carbocycles. The van der Waals surface area contributed by atoms with Crippen molar-refractivity contribution >= 4 is 15.8 Å². The molecule has 0 aliphatic carbocycles. The van der Waals surface area contributed by atoms with E-state index in [1.807, 2.05) is 6.92 Å². The average Bonchev–Trinajstić information content (AvgIpc) is 3.33. The van der Waals surface area contributed by atoms with Crippen LogP contribution in [0.2, 0.25) is 0 Å². The highest BCUT2D eigenvalue weighted by molar-refractivity contribution is 7.93. The Labute approximate surface area is 134 Å². The summed E-state index contributed by atoms with van der Waals surface area (Å²) in [6, 6.07) is 15.1. The maximum Gasteiger partial charge on any atom is 0.357 e. The highest BCUT2D eigenvalue weighted by atomic mass is 32.2. The van der Waals surface area contributed by atoms with Crippen LogP contribution in [0, 0.1) is 6.92 Å². The second kappa shape index (κ2) is 5.47. The van der Waals surface area contributed by atoms with Gasteiger partial charge in [0, 0.05) is 0 Å². The zero-order valence-corrected chi connectivity index (χ0v) is 13.5. The van der Waals surface area contributed by atoms with Crippen molar-refractivity contribution in [3.63, 3.8) is 0 Å². The Kier molecular flexibility index (Phi) is 3.74. The average molecular weight is 332 g/mol. The molecule has 0 bridgehead atoms. The molecule has 0 N–H and O–H groups in total. The molecule has 0 unspecified atom stereocenters. The van der Waals surface area contributed by atoms with E-state index in [2.05, 4.69) is 0 Å². The molecule has 5 nitrogen and oxygen atoms in total. The molecule has 0 radical (unpaired) electrons. The summed E-state index contributed by atoms with van der Waals surface area (Å²) in [5.74, 6) is -0.910. The molecule has 0 spiro atoms. The summed E-state index contributed by atoms with van der Waals surface area (Å²) >= 11 is 0. The molecule has 120 valence electrons. The molecule has 6 heteroatoms. The molecule has 1 fully saturated rings. The number of methoxy groups -OCH3 is 1. The van der Waals surface area contributed by atoms with Gasteiger partial charge in [-0.3, -0.25) is 0 Å². The lowest BCUT2D eigenvalue weighted by molar-refractivity contribution is -0.143. The van der Waals surface area contributed by atoms with Gasteiger partial charge in [0.25, 0.3) is 0 Å². The lowest BCUT2D eigenvalue weighted by atomic mass is 10.1. The van der Waals surface area contributed by atoms with E-state index in [4.69, 9.17) is 9.47 Å². The van der Waals surface area contributed by atoms with E-state index in [0.29, 0.717) is 5.56 Å². The standard InChI is InChI=1S/C17H16O5S/c1-12-8-10-14(11-9-12)23(19,20)17(16(18)21-2)15(22-17)13-6-4-3-5-7-13/h3-11,15H,1-2H3/t15-,17+/m0/s1. The number of benzene rings is 2. The van der Waals surface area contributed by atoms with E-state index in [0.717, 1.165) is 12.7 Å². The Morgan fingerprint density at radius 3 is 2.26 bits per heavy atom. The SMILES string of the molecule is COC(=O)[C@@]1(S(=O)(=O)c2ccc(C)cc2)O[C@H]1c1ccccc1. The molecule has 0 saturated carbocycles. The van der Waals surface area contributed by atoms with Gasteiger partial charge >= 0.3 is 10.9 Å². The molecule has 0 amide bonds. The Bertz CT molecular complexity index is 827. The van der Waals surface area contributed by atoms with Crippen LogP contribution in [-0.4, -0.2) is 26.4 Å². The first-order valence-corrected chi connectivity index (χ1v) is 8.54. The van der Waals surface area contributed by atoms with Crippen molar-refractivity contribution in [1.29, 1.82) is 0 Å². The minimum Gasteiger partial charge on any atom is -0.466 e. The maximum atomic E-state index is 13.0. The minimum absolute atomic E-state index is 0.0342. The zero-order chi connectivity index (χ0) is 16.7. The van der Waals surface area contributed by atoms with Crippen molar-refractivity contribution in [2.75, 3.05) is 7.11 Å². The molecule has 3 rings (SSSR count). The molecule has 0 aromatic heterocycles. The van der Waals surface area contributed by atoms with Crippen LogP contribution < -0.4 is 0 Å². The van der Waals surface area contributed by atoms with Gasteiger partial charge in [-0.25, -0.2) is 13.2 Å². The lowest BCUT2D eigenvalue weighted by Crippen LogP contribution is -2.36. The number of carbonyl (C=O) groups is 1. The predicted octanol–water partition coefficient (Wildman–Crippen LogP) is 2.41. The number of hydrogen-bond acceptors (Lipinski definition) is 5. The van der Waals surface area contributed by atoms with Crippen LogP contribution in [0.1, 0.15) is 17.2 Å². The summed E-state index contributed by atoms with van der Waals surface area (Å²) in [6.45, 7) is 1.85. The van der Waals surface area contributed by atoms with E-state index < -0.39 is 26.8 Å². The molecular formula is C17H16O5S. The summed E-state index contributed by atoms with van der Waals surface area (Å²) in [5, 5.41) is 0. The normalized spacial score (nSPS) is 23.3. The van der Waals surface area contributed by atoms with Crippen molar-refractivity contribution < 1.29 is 22.7 Å². The first-order chi connectivity index (χ1) is 10.9.